The summed E-state index contributed by atoms with van der Waals surface area (Å²) in [5.41, 5.74) is 0.0592. The van der Waals surface area contributed by atoms with Gasteiger partial charge >= 0.3 is 0 Å². The molecule has 0 unspecified atom stereocenters. The number of nitrogens with zero attached hydrogens (tertiary/aromatic N) is 2. The van der Waals surface area contributed by atoms with Crippen molar-refractivity contribution in [2.24, 2.45) is 0 Å². The first-order valence-corrected chi connectivity index (χ1v) is 8.60. The van der Waals surface area contributed by atoms with E-state index in [1.807, 2.05) is 17.5 Å². The van der Waals surface area contributed by atoms with Crippen LogP contribution in [0, 0.1) is 10.6 Å². The van der Waals surface area contributed by atoms with Crippen LogP contribution in [0.5, 0.6) is 0 Å². The van der Waals surface area contributed by atoms with Crippen LogP contribution in [0.4, 0.5) is 10.1 Å². The third-order valence-electron chi connectivity index (χ3n) is 3.40. The molecule has 1 aromatic carbocycles. The summed E-state index contributed by atoms with van der Waals surface area (Å²) in [5.74, 6) is -0.446. The number of halogens is 2. The van der Waals surface area contributed by atoms with E-state index in [4.69, 9.17) is 23.8 Å². The van der Waals surface area contributed by atoms with Crippen molar-refractivity contribution >= 4 is 46.8 Å². The average molecular weight is 383 g/mol. The Morgan fingerprint density at radius 3 is 2.96 bits per heavy atom. The lowest BCUT2D eigenvalue weighted by Crippen LogP contribution is -2.24. The fraction of sp³-hybridized carbons (Fsp3) is 0.133. The summed E-state index contributed by atoms with van der Waals surface area (Å²) < 4.78 is 15.8. The first kappa shape index (κ1) is 16.8. The van der Waals surface area contributed by atoms with Crippen LogP contribution in [0.25, 0.3) is 10.7 Å². The number of carbonyl (C=O) groups excluding carboxylic acids is 1. The number of anilines is 1. The first-order chi connectivity index (χ1) is 11.5. The van der Waals surface area contributed by atoms with Gasteiger partial charge in [0.15, 0.2) is 10.6 Å². The summed E-state index contributed by atoms with van der Waals surface area (Å²) in [7, 11) is 0. The van der Waals surface area contributed by atoms with Crippen molar-refractivity contribution < 1.29 is 9.18 Å². The summed E-state index contributed by atoms with van der Waals surface area (Å²) in [6.07, 6.45) is 0. The third-order valence-corrected chi connectivity index (χ3v) is 4.79. The Hall–Kier alpha value is -2.03. The van der Waals surface area contributed by atoms with Crippen molar-refractivity contribution in [1.29, 1.82) is 0 Å². The smallest absolute Gasteiger partial charge is 0.247 e. The largest absolute Gasteiger partial charge is 0.322 e. The fourth-order valence-electron chi connectivity index (χ4n) is 2.19. The number of H-pyrrole nitrogens is 1. The van der Waals surface area contributed by atoms with Gasteiger partial charge in [0.1, 0.15) is 11.9 Å². The Morgan fingerprint density at radius 1 is 1.50 bits per heavy atom. The number of carbonyl (C=O) groups is 1. The monoisotopic (exact) mass is 382 g/mol. The minimum atomic E-state index is -0.677. The van der Waals surface area contributed by atoms with Gasteiger partial charge in [-0.3, -0.25) is 14.5 Å². The highest BCUT2D eigenvalue weighted by atomic mass is 35.5. The van der Waals surface area contributed by atoms with Crippen LogP contribution in [0.2, 0.25) is 5.02 Å². The summed E-state index contributed by atoms with van der Waals surface area (Å²) in [6, 6.07) is 7.15. The lowest BCUT2D eigenvalue weighted by molar-refractivity contribution is -0.118. The molecule has 0 saturated heterocycles. The molecule has 0 aliphatic heterocycles. The number of rotatable bonds is 4. The van der Waals surface area contributed by atoms with Crippen LogP contribution in [-0.2, 0) is 4.79 Å². The number of hydrogen-bond acceptors (Lipinski definition) is 4. The lowest BCUT2D eigenvalue weighted by Gasteiger charge is -2.15. The number of aromatic amines is 1. The van der Waals surface area contributed by atoms with E-state index in [1.165, 1.54) is 23.5 Å². The molecule has 0 saturated carbocycles. The molecule has 0 bridgehead atoms. The van der Waals surface area contributed by atoms with E-state index in [9.17, 15) is 9.18 Å². The van der Waals surface area contributed by atoms with Crippen molar-refractivity contribution in [1.82, 2.24) is 14.8 Å². The molecule has 0 aliphatic rings. The summed E-state index contributed by atoms with van der Waals surface area (Å²) in [4.78, 5) is 13.4. The molecule has 5 nitrogen and oxygen atoms in total. The Kier molecular flexibility index (Phi) is 4.79. The molecule has 1 amide bonds. The molecule has 24 heavy (non-hydrogen) atoms. The standard InChI is InChI=1S/C15H12ClFN4OS2/c1-8(14(22)18-11-5-4-9(16)7-10(11)17)21-13(19-20-15(21)23)12-3-2-6-24-12/h2-8H,1H3,(H,18,22)(H,20,23)/t8-/m1/s1. The van der Waals surface area contributed by atoms with E-state index in [0.717, 1.165) is 10.9 Å². The van der Waals surface area contributed by atoms with Gasteiger partial charge in [0.25, 0.3) is 0 Å². The predicted octanol–water partition coefficient (Wildman–Crippen LogP) is 4.66. The van der Waals surface area contributed by atoms with Gasteiger partial charge in [-0.2, -0.15) is 5.10 Å². The first-order valence-electron chi connectivity index (χ1n) is 6.94. The molecule has 1 atom stereocenters. The van der Waals surface area contributed by atoms with E-state index < -0.39 is 17.8 Å². The second kappa shape index (κ2) is 6.84. The maximum Gasteiger partial charge on any atom is 0.247 e. The number of amides is 1. The third kappa shape index (κ3) is 3.26. The van der Waals surface area contributed by atoms with E-state index in [-0.39, 0.29) is 10.7 Å². The highest BCUT2D eigenvalue weighted by Crippen LogP contribution is 2.26. The van der Waals surface area contributed by atoms with Crippen molar-refractivity contribution in [3.05, 3.63) is 51.3 Å². The van der Waals surface area contributed by atoms with Crippen molar-refractivity contribution in [2.75, 3.05) is 5.32 Å². The van der Waals surface area contributed by atoms with Gasteiger partial charge in [0.05, 0.1) is 10.6 Å². The lowest BCUT2D eigenvalue weighted by atomic mass is 10.2. The van der Waals surface area contributed by atoms with Crippen LogP contribution < -0.4 is 5.32 Å². The van der Waals surface area contributed by atoms with Crippen molar-refractivity contribution in [3.63, 3.8) is 0 Å². The molecule has 3 aromatic rings. The molecule has 2 heterocycles. The molecular weight excluding hydrogens is 371 g/mol. The van der Waals surface area contributed by atoms with Gasteiger partial charge < -0.3 is 5.32 Å². The van der Waals surface area contributed by atoms with Gasteiger partial charge in [-0.25, -0.2) is 4.39 Å². The second-order valence-corrected chi connectivity index (χ2v) is 6.76. The highest BCUT2D eigenvalue weighted by molar-refractivity contribution is 7.71. The zero-order valence-corrected chi connectivity index (χ0v) is 14.8. The van der Waals surface area contributed by atoms with Gasteiger partial charge in [-0.15, -0.1) is 11.3 Å². The van der Waals surface area contributed by atoms with E-state index in [0.29, 0.717) is 10.6 Å². The zero-order chi connectivity index (χ0) is 17.3. The van der Waals surface area contributed by atoms with Gasteiger partial charge in [-0.05, 0) is 48.8 Å². The molecule has 2 aromatic heterocycles. The van der Waals surface area contributed by atoms with Crippen LogP contribution >= 0.6 is 35.2 Å². The van der Waals surface area contributed by atoms with E-state index in [1.54, 1.807) is 11.5 Å². The Morgan fingerprint density at radius 2 is 2.29 bits per heavy atom. The molecule has 0 aliphatic carbocycles. The Labute approximate surface area is 151 Å². The molecule has 0 fully saturated rings. The van der Waals surface area contributed by atoms with Crippen molar-refractivity contribution in [3.8, 4) is 10.7 Å². The minimum Gasteiger partial charge on any atom is -0.322 e. The second-order valence-electron chi connectivity index (χ2n) is 4.99. The molecule has 9 heteroatoms. The summed E-state index contributed by atoms with van der Waals surface area (Å²) in [5, 5.41) is 11.6. The number of thiophene rings is 1. The number of aromatic nitrogens is 3. The number of benzene rings is 1. The minimum absolute atomic E-state index is 0.0592. The zero-order valence-electron chi connectivity index (χ0n) is 12.4. The van der Waals surface area contributed by atoms with Gasteiger partial charge in [-0.1, -0.05) is 17.7 Å². The fourth-order valence-corrected chi connectivity index (χ4v) is 3.35. The van der Waals surface area contributed by atoms with E-state index >= 15 is 0 Å². The van der Waals surface area contributed by atoms with Crippen LogP contribution in [0.15, 0.2) is 35.7 Å². The molecule has 2 N–H and O–H groups in total. The molecule has 0 spiro atoms. The number of hydrogen-bond donors (Lipinski definition) is 2. The molecular formula is C15H12ClFN4OS2. The topological polar surface area (TPSA) is 62.7 Å². The predicted molar refractivity (Wildman–Crippen MR) is 95.5 cm³/mol. The molecule has 124 valence electrons. The Bertz CT molecular complexity index is 935. The summed E-state index contributed by atoms with van der Waals surface area (Å²) in [6.45, 7) is 1.67. The van der Waals surface area contributed by atoms with Crippen LogP contribution in [-0.4, -0.2) is 20.7 Å². The van der Waals surface area contributed by atoms with Crippen molar-refractivity contribution in [2.45, 2.75) is 13.0 Å². The van der Waals surface area contributed by atoms with Crippen LogP contribution in [0.3, 0.4) is 0 Å². The number of nitrogens with one attached hydrogen (secondary N) is 2. The maximum absolute atomic E-state index is 13.9. The van der Waals surface area contributed by atoms with E-state index in [2.05, 4.69) is 15.5 Å². The van der Waals surface area contributed by atoms with Gasteiger partial charge in [0.2, 0.25) is 5.91 Å². The Balaban J connectivity index is 1.89. The average Bonchev–Trinajstić information content (AvgIpc) is 3.18. The highest BCUT2D eigenvalue weighted by Gasteiger charge is 2.22. The maximum atomic E-state index is 13.9. The molecule has 3 rings (SSSR count). The van der Waals surface area contributed by atoms with Gasteiger partial charge in [0, 0.05) is 5.02 Å². The molecule has 0 radical (unpaired) electrons. The quantitative estimate of drug-likeness (QED) is 0.645. The van der Waals surface area contributed by atoms with Crippen LogP contribution in [0.1, 0.15) is 13.0 Å². The SMILES string of the molecule is C[C@H](C(=O)Nc1ccc(Cl)cc1F)n1c(-c2cccs2)n[nH]c1=S. The normalized spacial score (nSPS) is 12.1. The summed E-state index contributed by atoms with van der Waals surface area (Å²) >= 11 is 12.4.